The number of aromatic nitrogens is 1. The highest BCUT2D eigenvalue weighted by molar-refractivity contribution is 5.92. The number of benzene rings is 3. The molecule has 0 bridgehead atoms. The van der Waals surface area contributed by atoms with E-state index in [0.29, 0.717) is 29.6 Å². The van der Waals surface area contributed by atoms with Crippen LogP contribution in [0.4, 0.5) is 11.4 Å². The Hall–Kier alpha value is -4.11. The van der Waals surface area contributed by atoms with E-state index in [2.05, 4.69) is 16.3 Å². The molecule has 0 atom stereocenters. The van der Waals surface area contributed by atoms with Gasteiger partial charge in [-0.25, -0.2) is 0 Å². The molecule has 6 heteroatoms. The Balaban J connectivity index is 1.64. The number of phenols is 1. The first-order chi connectivity index (χ1) is 14.6. The van der Waals surface area contributed by atoms with Crippen LogP contribution in [0.1, 0.15) is 17.5 Å². The van der Waals surface area contributed by atoms with Gasteiger partial charge in [0, 0.05) is 23.7 Å². The Morgan fingerprint density at radius 1 is 0.967 bits per heavy atom. The molecule has 1 aromatic heterocycles. The number of hydrogen-bond acceptors (Lipinski definition) is 5. The molecule has 30 heavy (non-hydrogen) atoms. The lowest BCUT2D eigenvalue weighted by Crippen LogP contribution is -1.92. The number of aromatic hydroxyl groups is 2. The first kappa shape index (κ1) is 19.2. The van der Waals surface area contributed by atoms with Gasteiger partial charge in [0.15, 0.2) is 11.4 Å². The zero-order valence-electron chi connectivity index (χ0n) is 16.4. The Labute approximate surface area is 174 Å². The molecule has 3 aromatic carbocycles. The van der Waals surface area contributed by atoms with Crippen molar-refractivity contribution in [2.45, 2.75) is 19.8 Å². The molecule has 0 saturated carbocycles. The molecule has 0 aliphatic rings. The van der Waals surface area contributed by atoms with Gasteiger partial charge >= 0.3 is 0 Å². The number of phenolic OH excluding ortho intramolecular Hbond substituents is 1. The molecular formula is C24H20N4O2. The van der Waals surface area contributed by atoms with Crippen LogP contribution in [0.3, 0.4) is 0 Å². The molecule has 6 nitrogen and oxygen atoms in total. The first-order valence-corrected chi connectivity index (χ1v) is 9.58. The minimum absolute atomic E-state index is 0.0266. The molecular weight excluding hydrogens is 376 g/mol. The minimum atomic E-state index is -0.0266. The van der Waals surface area contributed by atoms with Gasteiger partial charge in [-0.15, -0.1) is 10.2 Å². The molecule has 0 fully saturated rings. The molecule has 0 aliphatic heterocycles. The summed E-state index contributed by atoms with van der Waals surface area (Å²) in [6.45, 7) is 1.84. The fourth-order valence-electron chi connectivity index (χ4n) is 3.38. The van der Waals surface area contributed by atoms with Crippen LogP contribution in [0.25, 0.3) is 16.5 Å². The van der Waals surface area contributed by atoms with Gasteiger partial charge in [0.05, 0.1) is 6.07 Å². The van der Waals surface area contributed by atoms with Crippen LogP contribution in [0.2, 0.25) is 0 Å². The van der Waals surface area contributed by atoms with Crippen molar-refractivity contribution in [3.05, 3.63) is 78.0 Å². The average Bonchev–Trinajstić information content (AvgIpc) is 3.06. The van der Waals surface area contributed by atoms with Crippen molar-refractivity contribution in [2.75, 3.05) is 0 Å². The standard InChI is InChI=1S/C24H20N4O2/c1-16-15-28(19-11-8-17(9-12-19)5-4-14-25)24(30)22(16)27-26-21-13-10-18-6-2-3-7-20(18)23(21)29/h2-3,6-13,15,29-30H,4-5H2,1H3. The normalized spacial score (nSPS) is 11.2. The number of rotatable bonds is 5. The summed E-state index contributed by atoms with van der Waals surface area (Å²) >= 11 is 0. The van der Waals surface area contributed by atoms with Crippen molar-refractivity contribution < 1.29 is 10.2 Å². The number of nitrogens with zero attached hydrogens (tertiary/aromatic N) is 4. The largest absolute Gasteiger partial charge is 0.505 e. The van der Waals surface area contributed by atoms with Crippen molar-refractivity contribution >= 4 is 22.1 Å². The summed E-state index contributed by atoms with van der Waals surface area (Å²) in [6, 6.07) is 20.9. The van der Waals surface area contributed by atoms with E-state index in [1.807, 2.05) is 61.5 Å². The summed E-state index contributed by atoms with van der Waals surface area (Å²) in [5.41, 5.74) is 3.28. The Morgan fingerprint density at radius 3 is 2.50 bits per heavy atom. The summed E-state index contributed by atoms with van der Waals surface area (Å²) in [7, 11) is 0. The monoisotopic (exact) mass is 396 g/mol. The first-order valence-electron chi connectivity index (χ1n) is 9.58. The third-order valence-electron chi connectivity index (χ3n) is 5.01. The summed E-state index contributed by atoms with van der Waals surface area (Å²) in [6.07, 6.45) is 2.95. The van der Waals surface area contributed by atoms with E-state index in [1.165, 1.54) is 0 Å². The van der Waals surface area contributed by atoms with Gasteiger partial charge in [-0.1, -0.05) is 42.5 Å². The second-order valence-corrected chi connectivity index (χ2v) is 7.03. The van der Waals surface area contributed by atoms with Gasteiger partial charge in [-0.05, 0) is 48.1 Å². The van der Waals surface area contributed by atoms with Crippen molar-refractivity contribution in [1.82, 2.24) is 4.57 Å². The highest BCUT2D eigenvalue weighted by atomic mass is 16.3. The fraction of sp³-hybridized carbons (Fsp3) is 0.125. The molecule has 0 amide bonds. The summed E-state index contributed by atoms with van der Waals surface area (Å²) in [4.78, 5) is 0. The number of fused-ring (bicyclic) bond motifs is 1. The fourth-order valence-corrected chi connectivity index (χ4v) is 3.38. The number of aryl methyl sites for hydroxylation is 2. The molecule has 0 unspecified atom stereocenters. The Morgan fingerprint density at radius 2 is 1.73 bits per heavy atom. The van der Waals surface area contributed by atoms with E-state index in [0.717, 1.165) is 22.2 Å². The van der Waals surface area contributed by atoms with Crippen LogP contribution in [0, 0.1) is 18.3 Å². The molecule has 0 saturated heterocycles. The van der Waals surface area contributed by atoms with Crippen molar-refractivity contribution in [1.29, 1.82) is 5.26 Å². The lowest BCUT2D eigenvalue weighted by Gasteiger charge is -2.06. The molecule has 0 spiro atoms. The predicted octanol–water partition coefficient (Wildman–Crippen LogP) is 6.22. The van der Waals surface area contributed by atoms with Crippen molar-refractivity contribution in [3.8, 4) is 23.4 Å². The van der Waals surface area contributed by atoms with E-state index < -0.39 is 0 Å². The van der Waals surface area contributed by atoms with Gasteiger partial charge in [0.25, 0.3) is 0 Å². The van der Waals surface area contributed by atoms with E-state index in [4.69, 9.17) is 5.26 Å². The summed E-state index contributed by atoms with van der Waals surface area (Å²) in [5, 5.41) is 39.9. The minimum Gasteiger partial charge on any atom is -0.505 e. The molecule has 2 N–H and O–H groups in total. The average molecular weight is 396 g/mol. The van der Waals surface area contributed by atoms with Crippen LogP contribution >= 0.6 is 0 Å². The zero-order valence-corrected chi connectivity index (χ0v) is 16.4. The van der Waals surface area contributed by atoms with Crippen molar-refractivity contribution in [3.63, 3.8) is 0 Å². The third kappa shape index (κ3) is 3.61. The van der Waals surface area contributed by atoms with E-state index in [-0.39, 0.29) is 11.6 Å². The maximum Gasteiger partial charge on any atom is 0.224 e. The van der Waals surface area contributed by atoms with Crippen LogP contribution in [-0.4, -0.2) is 14.8 Å². The van der Waals surface area contributed by atoms with Gasteiger partial charge in [0.1, 0.15) is 5.69 Å². The molecule has 1 heterocycles. The lowest BCUT2D eigenvalue weighted by molar-refractivity contribution is 0.444. The Bertz CT molecular complexity index is 1280. The molecule has 0 radical (unpaired) electrons. The van der Waals surface area contributed by atoms with Crippen LogP contribution in [-0.2, 0) is 6.42 Å². The predicted molar refractivity (Wildman–Crippen MR) is 116 cm³/mol. The molecule has 0 aliphatic carbocycles. The van der Waals surface area contributed by atoms with Crippen LogP contribution in [0.5, 0.6) is 11.6 Å². The SMILES string of the molecule is Cc1cn(-c2ccc(CCC#N)cc2)c(O)c1N=Nc1ccc2ccccc2c1O. The van der Waals surface area contributed by atoms with E-state index >= 15 is 0 Å². The topological polar surface area (TPSA) is 93.9 Å². The molecule has 4 aromatic rings. The third-order valence-corrected chi connectivity index (χ3v) is 5.01. The van der Waals surface area contributed by atoms with Crippen molar-refractivity contribution in [2.24, 2.45) is 10.2 Å². The number of hydrogen-bond donors (Lipinski definition) is 2. The quantitative estimate of drug-likeness (QED) is 0.392. The number of azo groups is 1. The Kier molecular flexibility index (Phi) is 5.19. The van der Waals surface area contributed by atoms with Crippen LogP contribution < -0.4 is 0 Å². The highest BCUT2D eigenvalue weighted by Crippen LogP contribution is 2.39. The second-order valence-electron chi connectivity index (χ2n) is 7.03. The summed E-state index contributed by atoms with van der Waals surface area (Å²) < 4.78 is 1.64. The highest BCUT2D eigenvalue weighted by Gasteiger charge is 2.14. The van der Waals surface area contributed by atoms with Gasteiger partial charge in [-0.3, -0.25) is 4.57 Å². The smallest absolute Gasteiger partial charge is 0.224 e. The van der Waals surface area contributed by atoms with Gasteiger partial charge < -0.3 is 10.2 Å². The van der Waals surface area contributed by atoms with Gasteiger partial charge in [-0.2, -0.15) is 5.26 Å². The zero-order chi connectivity index (χ0) is 21.1. The maximum atomic E-state index is 10.7. The molecule has 148 valence electrons. The molecule has 4 rings (SSSR count). The lowest BCUT2D eigenvalue weighted by atomic mass is 10.1. The summed E-state index contributed by atoms with van der Waals surface area (Å²) in [5.74, 6) is 0.0303. The maximum absolute atomic E-state index is 10.7. The van der Waals surface area contributed by atoms with Gasteiger partial charge in [0.2, 0.25) is 5.88 Å². The number of nitriles is 1. The van der Waals surface area contributed by atoms with Crippen LogP contribution in [0.15, 0.2) is 77.1 Å². The second kappa shape index (κ2) is 8.10. The van der Waals surface area contributed by atoms with E-state index in [1.54, 1.807) is 16.8 Å². The van der Waals surface area contributed by atoms with E-state index in [9.17, 15) is 10.2 Å².